The fourth-order valence-corrected chi connectivity index (χ4v) is 4.02. The van der Waals surface area contributed by atoms with Gasteiger partial charge in [0.2, 0.25) is 5.88 Å². The Morgan fingerprint density at radius 2 is 1.69 bits per heavy atom. The van der Waals surface area contributed by atoms with E-state index in [4.69, 9.17) is 19.3 Å². The van der Waals surface area contributed by atoms with Crippen LogP contribution in [-0.2, 0) is 18.3 Å². The SMILES string of the molecule is CCCN(Cc1c(-c2ccccc2)nn(C)c1Oc1ccccc1OC)C[C@@H](O)COCC(C)C. The summed E-state index contributed by atoms with van der Waals surface area (Å²) < 4.78 is 19.4. The molecule has 1 atom stereocenters. The molecule has 7 heteroatoms. The van der Waals surface area contributed by atoms with Gasteiger partial charge in [-0.15, -0.1) is 0 Å². The van der Waals surface area contributed by atoms with Crippen molar-refractivity contribution in [3.05, 3.63) is 60.2 Å². The molecule has 3 rings (SSSR count). The van der Waals surface area contributed by atoms with E-state index < -0.39 is 6.10 Å². The molecule has 0 aliphatic carbocycles. The van der Waals surface area contributed by atoms with Crippen LogP contribution in [0.4, 0.5) is 0 Å². The minimum absolute atomic E-state index is 0.321. The Kier molecular flexibility index (Phi) is 10.1. The molecular weight excluding hydrogens is 442 g/mol. The predicted octanol–water partition coefficient (Wildman–Crippen LogP) is 5.13. The van der Waals surface area contributed by atoms with Gasteiger partial charge in [0.25, 0.3) is 0 Å². The molecular formula is C28H39N3O4. The van der Waals surface area contributed by atoms with Gasteiger partial charge < -0.3 is 19.3 Å². The summed E-state index contributed by atoms with van der Waals surface area (Å²) in [7, 11) is 3.52. The molecule has 1 heterocycles. The van der Waals surface area contributed by atoms with Crippen LogP contribution in [-0.4, -0.2) is 59.3 Å². The van der Waals surface area contributed by atoms with Crippen LogP contribution in [0.3, 0.4) is 0 Å². The van der Waals surface area contributed by atoms with Crippen LogP contribution < -0.4 is 9.47 Å². The second-order valence-electron chi connectivity index (χ2n) is 9.20. The third kappa shape index (κ3) is 7.56. The highest BCUT2D eigenvalue weighted by atomic mass is 16.5. The summed E-state index contributed by atoms with van der Waals surface area (Å²) in [6.07, 6.45) is 0.388. The van der Waals surface area contributed by atoms with Crippen molar-refractivity contribution in [2.45, 2.75) is 39.8 Å². The first-order chi connectivity index (χ1) is 16.9. The minimum atomic E-state index is -0.573. The summed E-state index contributed by atoms with van der Waals surface area (Å²) in [5, 5.41) is 15.5. The Hall–Kier alpha value is -2.87. The van der Waals surface area contributed by atoms with Gasteiger partial charge >= 0.3 is 0 Å². The molecule has 190 valence electrons. The smallest absolute Gasteiger partial charge is 0.222 e. The maximum absolute atomic E-state index is 10.7. The Balaban J connectivity index is 1.92. The molecule has 0 amide bonds. The molecule has 3 aromatic rings. The highest BCUT2D eigenvalue weighted by Crippen LogP contribution is 2.37. The standard InChI is InChI=1S/C28H39N3O4/c1-6-16-31(17-23(32)20-34-19-21(2)3)18-24-27(22-12-8-7-9-13-22)29-30(4)28(24)35-26-15-11-10-14-25(26)33-5/h7-15,21,23,32H,6,16-20H2,1-5H3/t23-/m1/s1. The largest absolute Gasteiger partial charge is 0.493 e. The van der Waals surface area contributed by atoms with Crippen LogP contribution in [0, 0.1) is 5.92 Å². The molecule has 0 unspecified atom stereocenters. The maximum Gasteiger partial charge on any atom is 0.222 e. The van der Waals surface area contributed by atoms with E-state index in [0.29, 0.717) is 49.6 Å². The fraction of sp³-hybridized carbons (Fsp3) is 0.464. The summed E-state index contributed by atoms with van der Waals surface area (Å²) in [6, 6.07) is 17.7. The number of aliphatic hydroxyl groups is 1. The zero-order valence-corrected chi connectivity index (χ0v) is 21.6. The van der Waals surface area contributed by atoms with Gasteiger partial charge in [0.15, 0.2) is 11.5 Å². The molecule has 0 radical (unpaired) electrons. The van der Waals surface area contributed by atoms with Crippen LogP contribution in [0.1, 0.15) is 32.8 Å². The molecule has 0 bridgehead atoms. The highest BCUT2D eigenvalue weighted by Gasteiger charge is 2.24. The van der Waals surface area contributed by atoms with E-state index in [1.807, 2.05) is 49.5 Å². The number of nitrogens with zero attached hydrogens (tertiary/aromatic N) is 3. The summed E-state index contributed by atoms with van der Waals surface area (Å²) in [6.45, 7) is 9.23. The number of ether oxygens (including phenoxy) is 3. The number of hydrogen-bond donors (Lipinski definition) is 1. The van der Waals surface area contributed by atoms with Crippen LogP contribution in [0.25, 0.3) is 11.3 Å². The normalized spacial score (nSPS) is 12.3. The van der Waals surface area contributed by atoms with Gasteiger partial charge in [0.05, 0.1) is 25.4 Å². The monoisotopic (exact) mass is 481 g/mol. The maximum atomic E-state index is 10.7. The van der Waals surface area contributed by atoms with Crippen molar-refractivity contribution in [1.82, 2.24) is 14.7 Å². The molecule has 0 aliphatic heterocycles. The van der Waals surface area contributed by atoms with Gasteiger partial charge in [0.1, 0.15) is 5.69 Å². The van der Waals surface area contributed by atoms with Crippen molar-refractivity contribution in [1.29, 1.82) is 0 Å². The zero-order chi connectivity index (χ0) is 25.2. The van der Waals surface area contributed by atoms with Crippen LogP contribution in [0.15, 0.2) is 54.6 Å². The zero-order valence-electron chi connectivity index (χ0n) is 21.6. The quantitative estimate of drug-likeness (QED) is 0.344. The molecule has 1 N–H and O–H groups in total. The number of benzene rings is 2. The Bertz CT molecular complexity index is 1040. The molecule has 0 saturated carbocycles. The Labute approximate surface area is 209 Å². The van der Waals surface area contributed by atoms with Gasteiger partial charge in [-0.3, -0.25) is 4.90 Å². The first-order valence-electron chi connectivity index (χ1n) is 12.3. The average molecular weight is 482 g/mol. The van der Waals surface area contributed by atoms with Crippen molar-refractivity contribution >= 4 is 0 Å². The second-order valence-corrected chi connectivity index (χ2v) is 9.20. The third-order valence-electron chi connectivity index (χ3n) is 5.56. The molecule has 0 aliphatic rings. The van der Waals surface area contributed by atoms with Gasteiger partial charge in [0, 0.05) is 32.3 Å². The lowest BCUT2D eigenvalue weighted by atomic mass is 10.1. The topological polar surface area (TPSA) is 69.0 Å². The Morgan fingerprint density at radius 3 is 2.34 bits per heavy atom. The van der Waals surface area contributed by atoms with E-state index in [2.05, 4.69) is 37.8 Å². The summed E-state index contributed by atoms with van der Waals surface area (Å²) in [5.74, 6) is 2.37. The number of aromatic nitrogens is 2. The van der Waals surface area contributed by atoms with E-state index in [-0.39, 0.29) is 0 Å². The van der Waals surface area contributed by atoms with Crippen molar-refractivity contribution in [3.63, 3.8) is 0 Å². The Morgan fingerprint density at radius 1 is 1.00 bits per heavy atom. The molecule has 0 saturated heterocycles. The number of methoxy groups -OCH3 is 1. The van der Waals surface area contributed by atoms with E-state index in [0.717, 1.165) is 29.8 Å². The summed E-state index contributed by atoms with van der Waals surface area (Å²) >= 11 is 0. The number of aliphatic hydroxyl groups excluding tert-OH is 1. The van der Waals surface area contributed by atoms with E-state index in [1.165, 1.54) is 0 Å². The lowest BCUT2D eigenvalue weighted by Gasteiger charge is -2.25. The molecule has 0 fully saturated rings. The first-order valence-corrected chi connectivity index (χ1v) is 12.3. The second kappa shape index (κ2) is 13.3. The van der Waals surface area contributed by atoms with Crippen LogP contribution in [0.2, 0.25) is 0 Å². The minimum Gasteiger partial charge on any atom is -0.493 e. The molecule has 2 aromatic carbocycles. The summed E-state index contributed by atoms with van der Waals surface area (Å²) in [5.41, 5.74) is 2.85. The van der Waals surface area contributed by atoms with Crippen molar-refractivity contribution in [2.24, 2.45) is 13.0 Å². The highest BCUT2D eigenvalue weighted by molar-refractivity contribution is 5.65. The van der Waals surface area contributed by atoms with E-state index in [1.54, 1.807) is 11.8 Å². The van der Waals surface area contributed by atoms with Gasteiger partial charge in [-0.05, 0) is 31.0 Å². The lowest BCUT2D eigenvalue weighted by molar-refractivity contribution is 0.00685. The fourth-order valence-electron chi connectivity index (χ4n) is 4.02. The first kappa shape index (κ1) is 26.7. The molecule has 0 spiro atoms. The van der Waals surface area contributed by atoms with Crippen LogP contribution in [0.5, 0.6) is 17.4 Å². The lowest BCUT2D eigenvalue weighted by Crippen LogP contribution is -2.35. The number of hydrogen-bond acceptors (Lipinski definition) is 6. The van der Waals surface area contributed by atoms with Gasteiger partial charge in [-0.25, -0.2) is 4.68 Å². The van der Waals surface area contributed by atoms with Crippen molar-refractivity contribution in [2.75, 3.05) is 33.4 Å². The van der Waals surface area contributed by atoms with Gasteiger partial charge in [-0.1, -0.05) is 63.2 Å². The number of aryl methyl sites for hydroxylation is 1. The van der Waals surface area contributed by atoms with E-state index in [9.17, 15) is 5.11 Å². The molecule has 7 nitrogen and oxygen atoms in total. The number of para-hydroxylation sites is 2. The average Bonchev–Trinajstić information content (AvgIpc) is 3.14. The van der Waals surface area contributed by atoms with E-state index >= 15 is 0 Å². The third-order valence-corrected chi connectivity index (χ3v) is 5.56. The van der Waals surface area contributed by atoms with Gasteiger partial charge in [-0.2, -0.15) is 5.10 Å². The van der Waals surface area contributed by atoms with Crippen molar-refractivity contribution < 1.29 is 19.3 Å². The molecule has 1 aromatic heterocycles. The number of rotatable bonds is 14. The van der Waals surface area contributed by atoms with Crippen molar-refractivity contribution in [3.8, 4) is 28.6 Å². The molecule has 35 heavy (non-hydrogen) atoms. The van der Waals surface area contributed by atoms with Crippen LogP contribution >= 0.6 is 0 Å². The predicted molar refractivity (Wildman–Crippen MR) is 139 cm³/mol. The summed E-state index contributed by atoms with van der Waals surface area (Å²) in [4.78, 5) is 2.24.